The molecule has 0 aliphatic carbocycles. The van der Waals surface area contributed by atoms with Gasteiger partial charge in [0.25, 0.3) is 5.69 Å². The molecule has 0 heterocycles. The van der Waals surface area contributed by atoms with E-state index in [0.717, 1.165) is 0 Å². The molecule has 120 valence electrons. The number of nitrogens with one attached hydrogen (secondary N) is 1. The maximum Gasteiger partial charge on any atom is 0.337 e. The minimum atomic E-state index is -0.436. The number of hydrogen-bond donors (Lipinski definition) is 1. The van der Waals surface area contributed by atoms with Crippen LogP contribution in [0.2, 0.25) is 0 Å². The van der Waals surface area contributed by atoms with Crippen molar-refractivity contribution in [2.75, 3.05) is 25.6 Å². The van der Waals surface area contributed by atoms with Crippen LogP contribution in [0.4, 0.5) is 11.4 Å². The van der Waals surface area contributed by atoms with Crippen LogP contribution in [0, 0.1) is 10.1 Å². The van der Waals surface area contributed by atoms with Crippen molar-refractivity contribution >= 4 is 17.3 Å². The monoisotopic (exact) mass is 316 g/mol. The van der Waals surface area contributed by atoms with Gasteiger partial charge in [0.2, 0.25) is 0 Å². The molecule has 2 aromatic carbocycles. The summed E-state index contributed by atoms with van der Waals surface area (Å²) < 4.78 is 10.1. The first-order valence-electron chi connectivity index (χ1n) is 6.90. The molecule has 7 heteroatoms. The molecular formula is C16H16N2O5. The lowest BCUT2D eigenvalue weighted by molar-refractivity contribution is -0.384. The molecule has 0 bridgehead atoms. The van der Waals surface area contributed by atoms with Gasteiger partial charge in [-0.3, -0.25) is 10.1 Å². The van der Waals surface area contributed by atoms with E-state index in [1.165, 1.54) is 13.2 Å². The Kier molecular flexibility index (Phi) is 5.51. The molecule has 1 N–H and O–H groups in total. The van der Waals surface area contributed by atoms with Crippen molar-refractivity contribution in [2.24, 2.45) is 0 Å². The number of methoxy groups -OCH3 is 1. The first kappa shape index (κ1) is 16.3. The number of ether oxygens (including phenoxy) is 2. The Labute approximate surface area is 133 Å². The van der Waals surface area contributed by atoms with Crippen molar-refractivity contribution < 1.29 is 19.2 Å². The van der Waals surface area contributed by atoms with Gasteiger partial charge in [-0.15, -0.1) is 0 Å². The topological polar surface area (TPSA) is 90.7 Å². The SMILES string of the molecule is COC(=O)c1ccc(OCCNc2ccccc2[N+](=O)[O-])cc1. The van der Waals surface area contributed by atoms with Crippen molar-refractivity contribution in [2.45, 2.75) is 0 Å². The molecule has 0 aromatic heterocycles. The molecule has 0 saturated carbocycles. The van der Waals surface area contributed by atoms with Crippen LogP contribution in [0.15, 0.2) is 48.5 Å². The van der Waals surface area contributed by atoms with Gasteiger partial charge in [-0.2, -0.15) is 0 Å². The Bertz CT molecular complexity index is 685. The Morgan fingerprint density at radius 3 is 2.52 bits per heavy atom. The lowest BCUT2D eigenvalue weighted by atomic mass is 10.2. The summed E-state index contributed by atoms with van der Waals surface area (Å²) in [6, 6.07) is 13.0. The first-order chi connectivity index (χ1) is 11.1. The molecule has 2 aromatic rings. The molecule has 7 nitrogen and oxygen atoms in total. The number of nitro groups is 1. The Balaban J connectivity index is 1.84. The number of carbonyl (C=O) groups is 1. The van der Waals surface area contributed by atoms with Crippen LogP contribution in [-0.2, 0) is 4.74 Å². The van der Waals surface area contributed by atoms with Crippen LogP contribution in [0.3, 0.4) is 0 Å². The molecule has 0 amide bonds. The second-order valence-corrected chi connectivity index (χ2v) is 4.57. The molecular weight excluding hydrogens is 300 g/mol. The average molecular weight is 316 g/mol. The second-order valence-electron chi connectivity index (χ2n) is 4.57. The Hall–Kier alpha value is -3.09. The molecule has 2 rings (SSSR count). The number of rotatable bonds is 7. The van der Waals surface area contributed by atoms with E-state index in [0.29, 0.717) is 30.2 Å². The standard InChI is InChI=1S/C16H16N2O5/c1-22-16(19)12-6-8-13(9-7-12)23-11-10-17-14-4-2-3-5-15(14)18(20)21/h2-9,17H,10-11H2,1H3. The van der Waals surface area contributed by atoms with E-state index in [1.54, 1.807) is 42.5 Å². The summed E-state index contributed by atoms with van der Waals surface area (Å²) in [5.41, 5.74) is 0.912. The third-order valence-electron chi connectivity index (χ3n) is 3.06. The van der Waals surface area contributed by atoms with Crippen LogP contribution >= 0.6 is 0 Å². The Morgan fingerprint density at radius 1 is 1.17 bits per heavy atom. The fourth-order valence-corrected chi connectivity index (χ4v) is 1.94. The van der Waals surface area contributed by atoms with E-state index >= 15 is 0 Å². The highest BCUT2D eigenvalue weighted by molar-refractivity contribution is 5.89. The lowest BCUT2D eigenvalue weighted by Crippen LogP contribution is -2.12. The van der Waals surface area contributed by atoms with Crippen LogP contribution in [0.5, 0.6) is 5.75 Å². The van der Waals surface area contributed by atoms with Crippen molar-refractivity contribution in [3.05, 3.63) is 64.2 Å². The number of benzene rings is 2. The highest BCUT2D eigenvalue weighted by Gasteiger charge is 2.11. The normalized spacial score (nSPS) is 9.96. The molecule has 0 spiro atoms. The highest BCUT2D eigenvalue weighted by Crippen LogP contribution is 2.22. The summed E-state index contributed by atoms with van der Waals surface area (Å²) in [4.78, 5) is 21.7. The smallest absolute Gasteiger partial charge is 0.337 e. The number of nitro benzene ring substituents is 1. The van der Waals surface area contributed by atoms with Crippen LogP contribution in [0.25, 0.3) is 0 Å². The van der Waals surface area contributed by atoms with Crippen LogP contribution in [0.1, 0.15) is 10.4 Å². The van der Waals surface area contributed by atoms with Crippen LogP contribution < -0.4 is 10.1 Å². The highest BCUT2D eigenvalue weighted by atomic mass is 16.6. The van der Waals surface area contributed by atoms with Gasteiger partial charge < -0.3 is 14.8 Å². The minimum absolute atomic E-state index is 0.0231. The fourth-order valence-electron chi connectivity index (χ4n) is 1.94. The number of carbonyl (C=O) groups excluding carboxylic acids is 1. The van der Waals surface area contributed by atoms with Gasteiger partial charge in [0.15, 0.2) is 0 Å². The molecule has 23 heavy (non-hydrogen) atoms. The average Bonchev–Trinajstić information content (AvgIpc) is 2.58. The van der Waals surface area contributed by atoms with Gasteiger partial charge in [-0.1, -0.05) is 12.1 Å². The number of nitrogens with zero attached hydrogens (tertiary/aromatic N) is 1. The molecule has 0 radical (unpaired) electrons. The lowest BCUT2D eigenvalue weighted by Gasteiger charge is -2.09. The third kappa shape index (κ3) is 4.44. The van der Waals surface area contributed by atoms with Gasteiger partial charge in [-0.25, -0.2) is 4.79 Å². The number of para-hydroxylation sites is 2. The zero-order valence-corrected chi connectivity index (χ0v) is 12.5. The maximum atomic E-state index is 11.3. The van der Waals surface area contributed by atoms with Gasteiger partial charge >= 0.3 is 5.97 Å². The quantitative estimate of drug-likeness (QED) is 0.365. The zero-order chi connectivity index (χ0) is 16.7. The molecule has 0 saturated heterocycles. The van der Waals surface area contributed by atoms with E-state index in [9.17, 15) is 14.9 Å². The maximum absolute atomic E-state index is 11.3. The van der Waals surface area contributed by atoms with E-state index in [2.05, 4.69) is 10.1 Å². The van der Waals surface area contributed by atoms with E-state index in [-0.39, 0.29) is 5.69 Å². The second kappa shape index (κ2) is 7.79. The summed E-state index contributed by atoms with van der Waals surface area (Å²) in [5, 5.41) is 13.8. The predicted molar refractivity (Wildman–Crippen MR) is 84.9 cm³/mol. The van der Waals surface area contributed by atoms with Crippen molar-refractivity contribution in [3.63, 3.8) is 0 Å². The van der Waals surface area contributed by atoms with E-state index < -0.39 is 10.9 Å². The summed E-state index contributed by atoms with van der Waals surface area (Å²) in [7, 11) is 1.32. The van der Waals surface area contributed by atoms with E-state index in [4.69, 9.17) is 4.74 Å². The number of anilines is 1. The predicted octanol–water partition coefficient (Wildman–Crippen LogP) is 2.87. The fraction of sp³-hybridized carbons (Fsp3) is 0.188. The van der Waals surface area contributed by atoms with Crippen molar-refractivity contribution in [1.29, 1.82) is 0 Å². The number of esters is 1. The summed E-state index contributed by atoms with van der Waals surface area (Å²) in [6.45, 7) is 0.729. The minimum Gasteiger partial charge on any atom is -0.492 e. The summed E-state index contributed by atoms with van der Waals surface area (Å²) in [6.07, 6.45) is 0. The van der Waals surface area contributed by atoms with Crippen LogP contribution in [-0.4, -0.2) is 31.2 Å². The molecule has 0 unspecified atom stereocenters. The van der Waals surface area contributed by atoms with Gasteiger partial charge in [-0.05, 0) is 30.3 Å². The molecule has 0 fully saturated rings. The van der Waals surface area contributed by atoms with Gasteiger partial charge in [0.05, 0.1) is 17.6 Å². The molecule has 0 atom stereocenters. The van der Waals surface area contributed by atoms with Gasteiger partial charge in [0, 0.05) is 12.6 Å². The summed E-state index contributed by atoms with van der Waals surface area (Å²) in [5.74, 6) is 0.191. The van der Waals surface area contributed by atoms with Gasteiger partial charge in [0.1, 0.15) is 18.0 Å². The Morgan fingerprint density at radius 2 is 1.87 bits per heavy atom. The first-order valence-corrected chi connectivity index (χ1v) is 6.90. The van der Waals surface area contributed by atoms with Crippen molar-refractivity contribution in [3.8, 4) is 5.75 Å². The third-order valence-corrected chi connectivity index (χ3v) is 3.06. The van der Waals surface area contributed by atoms with E-state index in [1.807, 2.05) is 0 Å². The summed E-state index contributed by atoms with van der Waals surface area (Å²) >= 11 is 0. The number of hydrogen-bond acceptors (Lipinski definition) is 6. The molecule has 0 aliphatic heterocycles. The van der Waals surface area contributed by atoms with Crippen molar-refractivity contribution in [1.82, 2.24) is 0 Å². The zero-order valence-electron chi connectivity index (χ0n) is 12.5. The molecule has 0 aliphatic rings. The largest absolute Gasteiger partial charge is 0.492 e.